The predicted molar refractivity (Wildman–Crippen MR) is 112 cm³/mol. The SMILES string of the molecule is C=C.[C-]1=CC=CC1.[Cl-].[Cl-].[Hf].c1ccc2[cH-]ccc2c1.c1ccc2[cH-]ccc2c1. The first-order valence-corrected chi connectivity index (χ1v) is 8.36. The van der Waals surface area contributed by atoms with Gasteiger partial charge in [-0.05, 0) is 0 Å². The normalized spacial score (nSPS) is 9.86. The number of hydrogen-bond donors (Lipinski definition) is 0. The molecule has 0 radical (unpaired) electrons. The number of allylic oxidation sites excluding steroid dienone is 4. The molecule has 0 saturated carbocycles. The van der Waals surface area contributed by atoms with Gasteiger partial charge in [0, 0.05) is 25.8 Å². The fraction of sp³-hybridized carbons (Fsp3) is 0.0400. The molecular formula is C25H23Cl2Hf-5. The van der Waals surface area contributed by atoms with Crippen LogP contribution in [0.4, 0.5) is 0 Å². The molecule has 0 aliphatic heterocycles. The molecule has 0 heterocycles. The molecule has 0 unspecified atom stereocenters. The quantitative estimate of drug-likeness (QED) is 0.169. The average Bonchev–Trinajstić information content (AvgIpc) is 3.47. The van der Waals surface area contributed by atoms with Gasteiger partial charge in [-0.15, -0.1) is 78.9 Å². The van der Waals surface area contributed by atoms with E-state index in [0.29, 0.717) is 0 Å². The molecule has 0 fully saturated rings. The minimum absolute atomic E-state index is 0. The summed E-state index contributed by atoms with van der Waals surface area (Å²) in [6.45, 7) is 6.00. The largest absolute Gasteiger partial charge is 1.00 e. The molecular weight excluding hydrogens is 550 g/mol. The van der Waals surface area contributed by atoms with Gasteiger partial charge in [0.25, 0.3) is 0 Å². The van der Waals surface area contributed by atoms with Crippen LogP contribution in [-0.2, 0) is 25.8 Å². The Balaban J connectivity index is 0. The first kappa shape index (κ1) is 28.5. The van der Waals surface area contributed by atoms with Crippen molar-refractivity contribution in [3.63, 3.8) is 0 Å². The Labute approximate surface area is 200 Å². The van der Waals surface area contributed by atoms with E-state index in [1.165, 1.54) is 21.5 Å². The van der Waals surface area contributed by atoms with E-state index >= 15 is 0 Å². The van der Waals surface area contributed by atoms with E-state index in [0.717, 1.165) is 6.42 Å². The van der Waals surface area contributed by atoms with Gasteiger partial charge < -0.3 is 24.8 Å². The summed E-state index contributed by atoms with van der Waals surface area (Å²) in [5.74, 6) is 0. The molecule has 0 saturated heterocycles. The zero-order chi connectivity index (χ0) is 17.7. The average molecular weight is 573 g/mol. The van der Waals surface area contributed by atoms with Gasteiger partial charge in [0.1, 0.15) is 0 Å². The summed E-state index contributed by atoms with van der Waals surface area (Å²) in [5.41, 5.74) is 0. The van der Waals surface area contributed by atoms with Gasteiger partial charge in [0.05, 0.1) is 0 Å². The molecule has 4 aromatic rings. The third kappa shape index (κ3) is 9.50. The maximum atomic E-state index is 3.00. The smallest absolute Gasteiger partial charge is 0 e. The van der Waals surface area contributed by atoms with Crippen LogP contribution in [-0.4, -0.2) is 0 Å². The molecule has 0 bridgehead atoms. The third-order valence-electron chi connectivity index (χ3n) is 3.68. The minimum Gasteiger partial charge on any atom is -1.00 e. The molecule has 0 atom stereocenters. The molecule has 0 amide bonds. The molecule has 4 aromatic carbocycles. The number of fused-ring (bicyclic) bond motifs is 2. The van der Waals surface area contributed by atoms with Crippen molar-refractivity contribution >= 4 is 21.5 Å². The van der Waals surface area contributed by atoms with Gasteiger partial charge in [-0.25, -0.2) is 12.2 Å². The second-order valence-electron chi connectivity index (χ2n) is 5.31. The van der Waals surface area contributed by atoms with Gasteiger partial charge >= 0.3 is 0 Å². The summed E-state index contributed by atoms with van der Waals surface area (Å²) in [6, 6.07) is 29.3. The molecule has 0 nitrogen and oxygen atoms in total. The number of benzene rings is 2. The van der Waals surface area contributed by atoms with Crippen LogP contribution in [0.25, 0.3) is 21.5 Å². The van der Waals surface area contributed by atoms with Gasteiger partial charge in [-0.1, -0.05) is 12.1 Å². The van der Waals surface area contributed by atoms with Crippen LogP contribution in [0.2, 0.25) is 0 Å². The summed E-state index contributed by atoms with van der Waals surface area (Å²) in [7, 11) is 0. The van der Waals surface area contributed by atoms with Crippen molar-refractivity contribution in [3.8, 4) is 0 Å². The summed E-state index contributed by atoms with van der Waals surface area (Å²) < 4.78 is 0. The Morgan fingerprint density at radius 2 is 1.18 bits per heavy atom. The van der Waals surface area contributed by atoms with Crippen LogP contribution in [0.3, 0.4) is 0 Å². The zero-order valence-corrected chi connectivity index (χ0v) is 20.8. The first-order chi connectivity index (χ1) is 12.4. The number of halogens is 2. The van der Waals surface area contributed by atoms with Crippen molar-refractivity contribution in [2.75, 3.05) is 0 Å². The fourth-order valence-electron chi connectivity index (χ4n) is 2.48. The van der Waals surface area contributed by atoms with Crippen molar-refractivity contribution in [1.82, 2.24) is 0 Å². The monoisotopic (exact) mass is 573 g/mol. The van der Waals surface area contributed by atoms with Gasteiger partial charge in [-0.3, -0.25) is 6.08 Å². The fourth-order valence-corrected chi connectivity index (χ4v) is 2.48. The number of hydrogen-bond acceptors (Lipinski definition) is 0. The van der Waals surface area contributed by atoms with Gasteiger partial charge in [-0.2, -0.15) is 41.1 Å². The topological polar surface area (TPSA) is 0 Å². The predicted octanol–water partition coefficient (Wildman–Crippen LogP) is 1.23. The standard InChI is InChI=1S/2C9H7.C5H5.C2H4.2ClH.Hf/c2*1-2-5-9-7-3-6-8(9)4-1;1-2-4-5-3-1;1-2;;;/h2*1-7H;1-3H,4H2;1-2H2;2*1H;/q3*-1;;;;/p-2. The maximum Gasteiger partial charge on any atom is 0 e. The summed E-state index contributed by atoms with van der Waals surface area (Å²) in [6.07, 6.45) is 10.0. The second-order valence-corrected chi connectivity index (χ2v) is 5.31. The van der Waals surface area contributed by atoms with E-state index in [1.54, 1.807) is 0 Å². The van der Waals surface area contributed by atoms with Crippen molar-refractivity contribution in [1.29, 1.82) is 0 Å². The second kappa shape index (κ2) is 17.4. The van der Waals surface area contributed by atoms with Crippen molar-refractivity contribution in [2.45, 2.75) is 6.42 Å². The molecule has 0 N–H and O–H groups in total. The van der Waals surface area contributed by atoms with Crippen LogP contribution < -0.4 is 24.8 Å². The van der Waals surface area contributed by atoms with Crippen LogP contribution >= 0.6 is 0 Å². The molecule has 0 spiro atoms. The Morgan fingerprint density at radius 1 is 0.714 bits per heavy atom. The van der Waals surface area contributed by atoms with Gasteiger partial charge in [0.15, 0.2) is 0 Å². The van der Waals surface area contributed by atoms with Crippen LogP contribution in [0.1, 0.15) is 6.42 Å². The maximum absolute atomic E-state index is 3.00. The summed E-state index contributed by atoms with van der Waals surface area (Å²) >= 11 is 0. The van der Waals surface area contributed by atoms with E-state index in [-0.39, 0.29) is 50.7 Å². The minimum atomic E-state index is 0. The van der Waals surface area contributed by atoms with Crippen molar-refractivity contribution < 1.29 is 50.7 Å². The Hall–Kier alpha value is -1.67. The Kier molecular flexibility index (Phi) is 17.8. The molecule has 5 rings (SSSR count). The number of rotatable bonds is 0. The third-order valence-corrected chi connectivity index (χ3v) is 3.68. The van der Waals surface area contributed by atoms with Crippen molar-refractivity contribution in [3.05, 3.63) is 122 Å². The molecule has 1 aliphatic rings. The van der Waals surface area contributed by atoms with Crippen LogP contribution in [0, 0.1) is 6.08 Å². The van der Waals surface area contributed by atoms with E-state index in [1.807, 2.05) is 12.2 Å². The van der Waals surface area contributed by atoms with E-state index in [4.69, 9.17) is 0 Å². The van der Waals surface area contributed by atoms with Crippen LogP contribution in [0.5, 0.6) is 0 Å². The Morgan fingerprint density at radius 3 is 1.50 bits per heavy atom. The molecule has 0 aromatic heterocycles. The molecule has 1 aliphatic carbocycles. The van der Waals surface area contributed by atoms with E-state index < -0.39 is 0 Å². The molecule has 3 heteroatoms. The molecule has 28 heavy (non-hydrogen) atoms. The first-order valence-electron chi connectivity index (χ1n) is 8.36. The summed E-state index contributed by atoms with van der Waals surface area (Å²) in [4.78, 5) is 0. The van der Waals surface area contributed by atoms with Gasteiger partial charge in [0.2, 0.25) is 0 Å². The van der Waals surface area contributed by atoms with Crippen molar-refractivity contribution in [2.24, 2.45) is 0 Å². The van der Waals surface area contributed by atoms with Crippen LogP contribution in [0.15, 0.2) is 116 Å². The Bertz CT molecular complexity index is 795. The van der Waals surface area contributed by atoms with E-state index in [9.17, 15) is 0 Å². The van der Waals surface area contributed by atoms with E-state index in [2.05, 4.69) is 110 Å². The molecule has 146 valence electrons. The summed E-state index contributed by atoms with van der Waals surface area (Å²) in [5, 5.41) is 5.32. The zero-order valence-electron chi connectivity index (χ0n) is 15.7.